The Balaban J connectivity index is 2.16. The van der Waals surface area contributed by atoms with Gasteiger partial charge < -0.3 is 0 Å². The molecule has 1 N–H and O–H groups in total. The summed E-state index contributed by atoms with van der Waals surface area (Å²) in [6.45, 7) is 4.13. The first-order chi connectivity index (χ1) is 10.6. The molecule has 0 fully saturated rings. The smallest absolute Gasteiger partial charge is 0.267 e. The predicted molar refractivity (Wildman–Crippen MR) is 91.5 cm³/mol. The topological polar surface area (TPSA) is 41.5 Å². The summed E-state index contributed by atoms with van der Waals surface area (Å²) < 4.78 is 0. The van der Waals surface area contributed by atoms with Crippen LogP contribution in [0.1, 0.15) is 41.3 Å². The maximum absolute atomic E-state index is 12.1. The van der Waals surface area contributed by atoms with Crippen LogP contribution in [0.3, 0.4) is 0 Å². The third-order valence-electron chi connectivity index (χ3n) is 3.25. The molecular formula is C18H19ClN2O. The van der Waals surface area contributed by atoms with Gasteiger partial charge in [-0.15, -0.1) is 0 Å². The molecule has 22 heavy (non-hydrogen) atoms. The van der Waals surface area contributed by atoms with Crippen LogP contribution in [0, 0.1) is 6.92 Å². The monoisotopic (exact) mass is 314 g/mol. The second-order valence-corrected chi connectivity index (χ2v) is 5.56. The first-order valence-corrected chi connectivity index (χ1v) is 7.67. The Kier molecular flexibility index (Phi) is 5.73. The van der Waals surface area contributed by atoms with Gasteiger partial charge in [0.1, 0.15) is 0 Å². The number of hydrogen-bond donors (Lipinski definition) is 1. The van der Waals surface area contributed by atoms with E-state index in [0.717, 1.165) is 24.1 Å². The SMILES string of the molecule is CCC/C(=N/NC(=O)c1cccc(Cl)c1)c1ccc(C)cc1. The van der Waals surface area contributed by atoms with Gasteiger partial charge >= 0.3 is 0 Å². The van der Waals surface area contributed by atoms with E-state index in [-0.39, 0.29) is 5.91 Å². The van der Waals surface area contributed by atoms with Crippen molar-refractivity contribution >= 4 is 23.2 Å². The van der Waals surface area contributed by atoms with Crippen molar-refractivity contribution in [1.29, 1.82) is 0 Å². The van der Waals surface area contributed by atoms with E-state index < -0.39 is 0 Å². The molecular weight excluding hydrogens is 296 g/mol. The summed E-state index contributed by atoms with van der Waals surface area (Å²) in [4.78, 5) is 12.1. The molecule has 2 aromatic carbocycles. The van der Waals surface area contributed by atoms with Gasteiger partial charge in [-0.3, -0.25) is 4.79 Å². The standard InChI is InChI=1S/C18H19ClN2O/c1-3-5-17(14-10-8-13(2)9-11-14)20-21-18(22)15-6-4-7-16(19)12-15/h4,6-12H,3,5H2,1-2H3,(H,21,22)/b20-17-. The molecule has 0 saturated carbocycles. The van der Waals surface area contributed by atoms with Gasteiger partial charge in [-0.05, 0) is 37.1 Å². The number of hydrogen-bond acceptors (Lipinski definition) is 2. The van der Waals surface area contributed by atoms with Gasteiger partial charge in [-0.2, -0.15) is 5.10 Å². The highest BCUT2D eigenvalue weighted by Crippen LogP contribution is 2.11. The Morgan fingerprint density at radius 3 is 2.50 bits per heavy atom. The third kappa shape index (κ3) is 4.43. The highest BCUT2D eigenvalue weighted by molar-refractivity contribution is 6.30. The first-order valence-electron chi connectivity index (χ1n) is 7.29. The molecule has 0 bridgehead atoms. The zero-order chi connectivity index (χ0) is 15.9. The van der Waals surface area contributed by atoms with E-state index in [1.807, 2.05) is 31.2 Å². The van der Waals surface area contributed by atoms with Crippen molar-refractivity contribution in [2.24, 2.45) is 5.10 Å². The summed E-state index contributed by atoms with van der Waals surface area (Å²) in [6, 6.07) is 14.9. The van der Waals surface area contributed by atoms with Crippen molar-refractivity contribution in [2.75, 3.05) is 0 Å². The van der Waals surface area contributed by atoms with Crippen LogP contribution in [0.5, 0.6) is 0 Å². The average Bonchev–Trinajstić information content (AvgIpc) is 2.52. The van der Waals surface area contributed by atoms with Crippen LogP contribution in [0.2, 0.25) is 5.02 Å². The van der Waals surface area contributed by atoms with Gasteiger partial charge in [0.2, 0.25) is 0 Å². The van der Waals surface area contributed by atoms with E-state index in [9.17, 15) is 4.79 Å². The van der Waals surface area contributed by atoms with Crippen LogP contribution in [0.4, 0.5) is 0 Å². The molecule has 114 valence electrons. The minimum atomic E-state index is -0.261. The number of carbonyl (C=O) groups is 1. The number of rotatable bonds is 5. The minimum absolute atomic E-state index is 0.261. The normalized spacial score (nSPS) is 11.3. The zero-order valence-electron chi connectivity index (χ0n) is 12.8. The molecule has 0 saturated heterocycles. The number of nitrogens with zero attached hydrogens (tertiary/aromatic N) is 1. The number of halogens is 1. The summed E-state index contributed by atoms with van der Waals surface area (Å²) in [5.74, 6) is -0.261. The Hall–Kier alpha value is -2.13. The Morgan fingerprint density at radius 2 is 1.86 bits per heavy atom. The molecule has 0 aliphatic heterocycles. The third-order valence-corrected chi connectivity index (χ3v) is 3.49. The van der Waals surface area contributed by atoms with E-state index in [4.69, 9.17) is 11.6 Å². The van der Waals surface area contributed by atoms with E-state index in [0.29, 0.717) is 10.6 Å². The molecule has 0 aliphatic carbocycles. The molecule has 0 atom stereocenters. The molecule has 0 unspecified atom stereocenters. The van der Waals surface area contributed by atoms with Crippen molar-refractivity contribution in [2.45, 2.75) is 26.7 Å². The molecule has 0 aliphatic rings. The van der Waals surface area contributed by atoms with Gasteiger partial charge in [0.25, 0.3) is 5.91 Å². The molecule has 2 aromatic rings. The maximum Gasteiger partial charge on any atom is 0.271 e. The molecule has 2 rings (SSSR count). The van der Waals surface area contributed by atoms with Gasteiger partial charge in [-0.1, -0.05) is 60.8 Å². The number of hydrazone groups is 1. The van der Waals surface area contributed by atoms with Gasteiger partial charge in [-0.25, -0.2) is 5.43 Å². The van der Waals surface area contributed by atoms with Gasteiger partial charge in [0, 0.05) is 10.6 Å². The number of aryl methyl sites for hydroxylation is 1. The summed E-state index contributed by atoms with van der Waals surface area (Å²) in [5.41, 5.74) is 6.21. The fourth-order valence-electron chi connectivity index (χ4n) is 2.06. The average molecular weight is 315 g/mol. The minimum Gasteiger partial charge on any atom is -0.267 e. The molecule has 0 radical (unpaired) electrons. The lowest BCUT2D eigenvalue weighted by atomic mass is 10.0. The maximum atomic E-state index is 12.1. The number of nitrogens with one attached hydrogen (secondary N) is 1. The van der Waals surface area contributed by atoms with Crippen LogP contribution in [0.15, 0.2) is 53.6 Å². The van der Waals surface area contributed by atoms with Crippen molar-refractivity contribution < 1.29 is 4.79 Å². The van der Waals surface area contributed by atoms with Crippen molar-refractivity contribution in [3.8, 4) is 0 Å². The van der Waals surface area contributed by atoms with Crippen LogP contribution in [-0.4, -0.2) is 11.6 Å². The molecule has 0 heterocycles. The Bertz CT molecular complexity index is 678. The van der Waals surface area contributed by atoms with Gasteiger partial charge in [0.15, 0.2) is 0 Å². The summed E-state index contributed by atoms with van der Waals surface area (Å²) in [5, 5.41) is 4.82. The van der Waals surface area contributed by atoms with Crippen LogP contribution in [-0.2, 0) is 0 Å². The van der Waals surface area contributed by atoms with Crippen molar-refractivity contribution in [1.82, 2.24) is 5.43 Å². The Morgan fingerprint density at radius 1 is 1.14 bits per heavy atom. The summed E-state index contributed by atoms with van der Waals surface area (Å²) in [6.07, 6.45) is 1.76. The zero-order valence-corrected chi connectivity index (χ0v) is 13.5. The number of carbonyl (C=O) groups excluding carboxylic acids is 1. The lowest BCUT2D eigenvalue weighted by Gasteiger charge is -2.07. The molecule has 4 heteroatoms. The number of benzene rings is 2. The first kappa shape index (κ1) is 16.2. The highest BCUT2D eigenvalue weighted by atomic mass is 35.5. The summed E-state index contributed by atoms with van der Waals surface area (Å²) >= 11 is 5.90. The summed E-state index contributed by atoms with van der Waals surface area (Å²) in [7, 11) is 0. The fourth-order valence-corrected chi connectivity index (χ4v) is 2.25. The second-order valence-electron chi connectivity index (χ2n) is 5.13. The van der Waals surface area contributed by atoms with E-state index in [1.165, 1.54) is 5.56 Å². The lowest BCUT2D eigenvalue weighted by Crippen LogP contribution is -2.20. The molecule has 0 spiro atoms. The molecule has 0 aromatic heterocycles. The fraction of sp³-hybridized carbons (Fsp3) is 0.222. The van der Waals surface area contributed by atoms with E-state index in [1.54, 1.807) is 24.3 Å². The second kappa shape index (κ2) is 7.76. The number of amides is 1. The predicted octanol–water partition coefficient (Wildman–Crippen LogP) is 4.58. The van der Waals surface area contributed by atoms with E-state index in [2.05, 4.69) is 17.5 Å². The Labute approximate surface area is 136 Å². The van der Waals surface area contributed by atoms with Crippen LogP contribution >= 0.6 is 11.6 Å². The highest BCUT2D eigenvalue weighted by Gasteiger charge is 2.07. The quantitative estimate of drug-likeness (QED) is 0.637. The lowest BCUT2D eigenvalue weighted by molar-refractivity contribution is 0.0955. The van der Waals surface area contributed by atoms with Crippen LogP contribution in [0.25, 0.3) is 0 Å². The van der Waals surface area contributed by atoms with E-state index >= 15 is 0 Å². The van der Waals surface area contributed by atoms with Gasteiger partial charge in [0.05, 0.1) is 5.71 Å². The molecule has 1 amide bonds. The molecule has 3 nitrogen and oxygen atoms in total. The largest absolute Gasteiger partial charge is 0.271 e. The van der Waals surface area contributed by atoms with Crippen molar-refractivity contribution in [3.63, 3.8) is 0 Å². The van der Waals surface area contributed by atoms with Crippen molar-refractivity contribution in [3.05, 3.63) is 70.2 Å². The van der Waals surface area contributed by atoms with Crippen LogP contribution < -0.4 is 5.43 Å².